The summed E-state index contributed by atoms with van der Waals surface area (Å²) in [6, 6.07) is 12.7. The van der Waals surface area contributed by atoms with Gasteiger partial charge >= 0.3 is 5.97 Å². The van der Waals surface area contributed by atoms with E-state index in [4.69, 9.17) is 26.4 Å². The van der Waals surface area contributed by atoms with Crippen LogP contribution in [0.5, 0.6) is 11.5 Å². The van der Waals surface area contributed by atoms with Crippen molar-refractivity contribution in [2.45, 2.75) is 19.9 Å². The molecule has 0 unspecified atom stereocenters. The molecule has 0 aliphatic rings. The van der Waals surface area contributed by atoms with E-state index in [0.29, 0.717) is 28.8 Å². The lowest BCUT2D eigenvalue weighted by molar-refractivity contribution is 0.0601. The van der Waals surface area contributed by atoms with Crippen LogP contribution in [0.25, 0.3) is 0 Å². The van der Waals surface area contributed by atoms with Crippen LogP contribution in [-0.4, -0.2) is 38.0 Å². The highest BCUT2D eigenvalue weighted by Crippen LogP contribution is 2.25. The van der Waals surface area contributed by atoms with Gasteiger partial charge in [-0.2, -0.15) is 0 Å². The van der Waals surface area contributed by atoms with E-state index in [1.807, 2.05) is 44.2 Å². The van der Waals surface area contributed by atoms with Crippen LogP contribution in [0.2, 0.25) is 0 Å². The Balaban J connectivity index is 1.92. The Bertz CT molecular complexity index is 810. The summed E-state index contributed by atoms with van der Waals surface area (Å²) in [7, 11) is 2.96. The first kappa shape index (κ1) is 20.5. The van der Waals surface area contributed by atoms with Crippen molar-refractivity contribution in [3.05, 3.63) is 53.6 Å². The fraction of sp³-hybridized carbons (Fsp3) is 0.300. The molecule has 144 valence electrons. The molecule has 0 aromatic heterocycles. The number of para-hydroxylation sites is 2. The molecule has 1 atom stereocenters. The van der Waals surface area contributed by atoms with E-state index in [1.54, 1.807) is 19.2 Å². The quantitative estimate of drug-likeness (QED) is 0.555. The van der Waals surface area contributed by atoms with Crippen molar-refractivity contribution in [2.75, 3.05) is 26.1 Å². The monoisotopic (exact) mass is 388 g/mol. The van der Waals surface area contributed by atoms with Gasteiger partial charge in [-0.1, -0.05) is 18.2 Å². The first-order valence-corrected chi connectivity index (χ1v) is 8.87. The number of hydrogen-bond acceptors (Lipinski definition) is 5. The predicted octanol–water partition coefficient (Wildman–Crippen LogP) is 3.54. The highest BCUT2D eigenvalue weighted by Gasteiger charge is 2.11. The summed E-state index contributed by atoms with van der Waals surface area (Å²) in [5, 5.41) is 6.72. The molecule has 0 fully saturated rings. The molecule has 0 aliphatic heterocycles. The van der Waals surface area contributed by atoms with Crippen LogP contribution < -0.4 is 20.1 Å². The second kappa shape index (κ2) is 9.78. The number of aryl methyl sites for hydroxylation is 1. The van der Waals surface area contributed by atoms with E-state index in [-0.39, 0.29) is 6.04 Å². The summed E-state index contributed by atoms with van der Waals surface area (Å²) in [6.45, 7) is 4.30. The van der Waals surface area contributed by atoms with Gasteiger partial charge in [0.1, 0.15) is 6.61 Å². The van der Waals surface area contributed by atoms with Gasteiger partial charge in [0, 0.05) is 5.69 Å². The van der Waals surface area contributed by atoms with E-state index in [2.05, 4.69) is 10.6 Å². The lowest BCUT2D eigenvalue weighted by atomic mass is 10.1. The second-order valence-electron chi connectivity index (χ2n) is 5.98. The van der Waals surface area contributed by atoms with Crippen LogP contribution in [0.15, 0.2) is 42.5 Å². The molecule has 0 aliphatic carbocycles. The first-order chi connectivity index (χ1) is 12.9. The molecule has 0 radical (unpaired) electrons. The SMILES string of the molecule is COC(=O)c1ccc(C)c(NC(=S)N[C@H](C)COc2ccccc2OC)c1. The van der Waals surface area contributed by atoms with Crippen molar-refractivity contribution in [1.82, 2.24) is 5.32 Å². The molecule has 2 aromatic carbocycles. The van der Waals surface area contributed by atoms with Gasteiger partial charge < -0.3 is 24.8 Å². The van der Waals surface area contributed by atoms with Crippen LogP contribution in [0.3, 0.4) is 0 Å². The van der Waals surface area contributed by atoms with Crippen LogP contribution in [0.1, 0.15) is 22.8 Å². The van der Waals surface area contributed by atoms with Gasteiger partial charge in [-0.3, -0.25) is 0 Å². The average Bonchev–Trinajstić information content (AvgIpc) is 2.67. The molecule has 6 nitrogen and oxygen atoms in total. The number of rotatable bonds is 7. The topological polar surface area (TPSA) is 68.8 Å². The molecule has 7 heteroatoms. The number of anilines is 1. The Morgan fingerprint density at radius 3 is 2.52 bits per heavy atom. The average molecular weight is 388 g/mol. The van der Waals surface area contributed by atoms with Crippen molar-refractivity contribution in [2.24, 2.45) is 0 Å². The van der Waals surface area contributed by atoms with Crippen molar-refractivity contribution in [3.63, 3.8) is 0 Å². The normalized spacial score (nSPS) is 11.3. The third-order valence-corrected chi connectivity index (χ3v) is 4.06. The van der Waals surface area contributed by atoms with Gasteiger partial charge in [0.2, 0.25) is 0 Å². The number of methoxy groups -OCH3 is 2. The smallest absolute Gasteiger partial charge is 0.337 e. The molecule has 27 heavy (non-hydrogen) atoms. The highest BCUT2D eigenvalue weighted by molar-refractivity contribution is 7.80. The second-order valence-corrected chi connectivity index (χ2v) is 6.39. The maximum atomic E-state index is 11.7. The Morgan fingerprint density at radius 1 is 1.15 bits per heavy atom. The molecular formula is C20H24N2O4S. The molecule has 2 aromatic rings. The van der Waals surface area contributed by atoms with E-state index in [9.17, 15) is 4.79 Å². The fourth-order valence-corrected chi connectivity index (χ4v) is 2.69. The lowest BCUT2D eigenvalue weighted by Gasteiger charge is -2.19. The van der Waals surface area contributed by atoms with Gasteiger partial charge in [0.05, 0.1) is 25.8 Å². The lowest BCUT2D eigenvalue weighted by Crippen LogP contribution is -2.39. The summed E-state index contributed by atoms with van der Waals surface area (Å²) in [5.74, 6) is 0.963. The standard InChI is InChI=1S/C20H24N2O4S/c1-13-9-10-15(19(23)25-4)11-16(13)22-20(27)21-14(2)12-26-18-8-6-5-7-17(18)24-3/h5-11,14H,12H2,1-4H3,(H2,21,22,27)/t14-/m1/s1. The summed E-state index contributed by atoms with van der Waals surface area (Å²) in [4.78, 5) is 11.7. The van der Waals surface area contributed by atoms with E-state index >= 15 is 0 Å². The number of esters is 1. The molecule has 0 bridgehead atoms. The third-order valence-electron chi connectivity index (χ3n) is 3.84. The van der Waals surface area contributed by atoms with Crippen molar-refractivity contribution >= 4 is 29.0 Å². The Kier molecular flexibility index (Phi) is 7.43. The van der Waals surface area contributed by atoms with E-state index < -0.39 is 5.97 Å². The van der Waals surface area contributed by atoms with Gasteiger partial charge in [0.15, 0.2) is 16.6 Å². The number of benzene rings is 2. The molecule has 0 saturated carbocycles. The molecular weight excluding hydrogens is 364 g/mol. The number of hydrogen-bond donors (Lipinski definition) is 2. The molecule has 0 amide bonds. The molecule has 0 heterocycles. The number of nitrogens with one attached hydrogen (secondary N) is 2. The Labute approximate surface area is 164 Å². The van der Waals surface area contributed by atoms with E-state index in [1.165, 1.54) is 7.11 Å². The first-order valence-electron chi connectivity index (χ1n) is 8.47. The zero-order valence-electron chi connectivity index (χ0n) is 15.9. The maximum absolute atomic E-state index is 11.7. The zero-order valence-corrected chi connectivity index (χ0v) is 16.7. The van der Waals surface area contributed by atoms with Crippen molar-refractivity contribution < 1.29 is 19.0 Å². The molecule has 0 spiro atoms. The largest absolute Gasteiger partial charge is 0.493 e. The highest BCUT2D eigenvalue weighted by atomic mass is 32.1. The minimum absolute atomic E-state index is 0.0426. The Morgan fingerprint density at radius 2 is 1.85 bits per heavy atom. The minimum atomic E-state index is -0.393. The fourth-order valence-electron chi connectivity index (χ4n) is 2.38. The molecule has 2 N–H and O–H groups in total. The van der Waals surface area contributed by atoms with Crippen LogP contribution in [-0.2, 0) is 4.74 Å². The van der Waals surface area contributed by atoms with Gasteiger partial charge in [-0.15, -0.1) is 0 Å². The summed E-state index contributed by atoms with van der Waals surface area (Å²) in [6.07, 6.45) is 0. The number of carbonyl (C=O) groups excluding carboxylic acids is 1. The van der Waals surface area contributed by atoms with Crippen LogP contribution in [0.4, 0.5) is 5.69 Å². The minimum Gasteiger partial charge on any atom is -0.493 e. The number of ether oxygens (including phenoxy) is 3. The molecule has 0 saturated heterocycles. The zero-order chi connectivity index (χ0) is 19.8. The van der Waals surface area contributed by atoms with Gasteiger partial charge in [-0.25, -0.2) is 4.79 Å². The number of thiocarbonyl (C=S) groups is 1. The van der Waals surface area contributed by atoms with Crippen LogP contribution >= 0.6 is 12.2 Å². The maximum Gasteiger partial charge on any atom is 0.337 e. The summed E-state index contributed by atoms with van der Waals surface area (Å²) < 4.78 is 15.8. The van der Waals surface area contributed by atoms with Gasteiger partial charge in [-0.05, 0) is 55.9 Å². The molecule has 2 rings (SSSR count). The van der Waals surface area contributed by atoms with Crippen LogP contribution in [0, 0.1) is 6.92 Å². The summed E-state index contributed by atoms with van der Waals surface area (Å²) >= 11 is 5.37. The third kappa shape index (κ3) is 5.86. The van der Waals surface area contributed by atoms with Crippen molar-refractivity contribution in [3.8, 4) is 11.5 Å². The predicted molar refractivity (Wildman–Crippen MR) is 110 cm³/mol. The number of carbonyl (C=O) groups is 1. The van der Waals surface area contributed by atoms with Crippen molar-refractivity contribution in [1.29, 1.82) is 0 Å². The Hall–Kier alpha value is -2.80. The summed E-state index contributed by atoms with van der Waals surface area (Å²) in [5.41, 5.74) is 2.17. The van der Waals surface area contributed by atoms with Gasteiger partial charge in [0.25, 0.3) is 0 Å². The van der Waals surface area contributed by atoms with E-state index in [0.717, 1.165) is 11.3 Å².